The predicted octanol–water partition coefficient (Wildman–Crippen LogP) is 4.54. The molecule has 0 fully saturated rings. The Morgan fingerprint density at radius 1 is 0.929 bits per heavy atom. The van der Waals surface area contributed by atoms with Crippen molar-refractivity contribution >= 4 is 27.5 Å². The summed E-state index contributed by atoms with van der Waals surface area (Å²) in [6, 6.07) is 19.7. The van der Waals surface area contributed by atoms with E-state index < -0.39 is 28.5 Å². The lowest BCUT2D eigenvalue weighted by atomic mass is 10.1. The predicted molar refractivity (Wildman–Crippen MR) is 162 cm³/mol. The number of carbonyl (C=O) groups excluding carboxylic acids is 2. The van der Waals surface area contributed by atoms with Crippen LogP contribution in [0.3, 0.4) is 0 Å². The zero-order valence-corrected chi connectivity index (χ0v) is 25.4. The van der Waals surface area contributed by atoms with Crippen molar-refractivity contribution in [3.05, 3.63) is 83.9 Å². The molecule has 10 heteroatoms. The molecule has 1 unspecified atom stereocenters. The number of rotatable bonds is 12. The molecule has 0 radical (unpaired) electrons. The van der Waals surface area contributed by atoms with Crippen LogP contribution in [-0.4, -0.2) is 57.5 Å². The second kappa shape index (κ2) is 13.7. The fourth-order valence-electron chi connectivity index (χ4n) is 4.78. The van der Waals surface area contributed by atoms with E-state index in [4.69, 9.17) is 9.47 Å². The van der Waals surface area contributed by atoms with E-state index in [1.54, 1.807) is 36.4 Å². The average molecular weight is 594 g/mol. The van der Waals surface area contributed by atoms with Gasteiger partial charge in [0.2, 0.25) is 11.8 Å². The molecule has 1 aliphatic rings. The maximum absolute atomic E-state index is 14.2. The monoisotopic (exact) mass is 593 g/mol. The summed E-state index contributed by atoms with van der Waals surface area (Å²) >= 11 is 0. The third kappa shape index (κ3) is 7.42. The number of ether oxygens (including phenoxy) is 2. The molecule has 1 heterocycles. The van der Waals surface area contributed by atoms with E-state index in [0.717, 1.165) is 15.4 Å². The van der Waals surface area contributed by atoms with Crippen LogP contribution in [0.2, 0.25) is 0 Å². The quantitative estimate of drug-likeness (QED) is 0.331. The standard InChI is InChI=1S/C32H39N3O6S/c1-5-28(32(37)33-20-23(2)3)34(21-25-11-9-10-24(4)18-25)31(36)22-35(42(38,39)27-12-7-6-8-13-27)26-14-15-29-30(19-26)41-17-16-40-29/h6-15,18-19,23,28H,5,16-17,20-22H2,1-4H3,(H,33,37). The molecule has 42 heavy (non-hydrogen) atoms. The van der Waals surface area contributed by atoms with Gasteiger partial charge in [0.1, 0.15) is 25.8 Å². The number of fused-ring (bicyclic) bond motifs is 1. The number of nitrogens with zero attached hydrogens (tertiary/aromatic N) is 2. The second-order valence-corrected chi connectivity index (χ2v) is 12.6. The number of aryl methyl sites for hydroxylation is 1. The molecule has 0 aliphatic carbocycles. The molecule has 0 aromatic heterocycles. The van der Waals surface area contributed by atoms with Crippen LogP contribution in [0.25, 0.3) is 0 Å². The highest BCUT2D eigenvalue weighted by Gasteiger charge is 2.34. The minimum Gasteiger partial charge on any atom is -0.486 e. The van der Waals surface area contributed by atoms with E-state index in [-0.39, 0.29) is 29.0 Å². The second-order valence-electron chi connectivity index (χ2n) is 10.7. The molecule has 2 amide bonds. The zero-order chi connectivity index (χ0) is 30.3. The van der Waals surface area contributed by atoms with Gasteiger partial charge in [-0.05, 0) is 49.1 Å². The van der Waals surface area contributed by atoms with Gasteiger partial charge in [0.25, 0.3) is 10.0 Å². The average Bonchev–Trinajstić information content (AvgIpc) is 2.98. The van der Waals surface area contributed by atoms with Crippen LogP contribution in [-0.2, 0) is 26.2 Å². The topological polar surface area (TPSA) is 105 Å². The molecule has 3 aromatic rings. The fraction of sp³-hybridized carbons (Fsp3) is 0.375. The lowest BCUT2D eigenvalue weighted by molar-refractivity contribution is -0.140. The molecular weight excluding hydrogens is 554 g/mol. The Morgan fingerprint density at radius 2 is 1.64 bits per heavy atom. The maximum Gasteiger partial charge on any atom is 0.264 e. The van der Waals surface area contributed by atoms with Crippen LogP contribution in [0.4, 0.5) is 5.69 Å². The fourth-order valence-corrected chi connectivity index (χ4v) is 6.21. The SMILES string of the molecule is CCC(C(=O)NCC(C)C)N(Cc1cccc(C)c1)C(=O)CN(c1ccc2c(c1)OCCO2)S(=O)(=O)c1ccccc1. The first-order valence-electron chi connectivity index (χ1n) is 14.2. The van der Waals surface area contributed by atoms with Gasteiger partial charge in [-0.2, -0.15) is 0 Å². The van der Waals surface area contributed by atoms with Crippen molar-refractivity contribution in [2.24, 2.45) is 5.92 Å². The number of carbonyl (C=O) groups is 2. The maximum atomic E-state index is 14.2. The third-order valence-electron chi connectivity index (χ3n) is 6.93. The van der Waals surface area contributed by atoms with Crippen LogP contribution in [0.15, 0.2) is 77.7 Å². The Labute approximate surface area is 248 Å². The van der Waals surface area contributed by atoms with Gasteiger partial charge in [0, 0.05) is 19.2 Å². The molecule has 0 spiro atoms. The highest BCUT2D eigenvalue weighted by Crippen LogP contribution is 2.36. The van der Waals surface area contributed by atoms with Crippen molar-refractivity contribution in [2.45, 2.75) is 51.6 Å². The van der Waals surface area contributed by atoms with E-state index in [1.165, 1.54) is 17.0 Å². The van der Waals surface area contributed by atoms with E-state index in [1.807, 2.05) is 52.0 Å². The Bertz CT molecular complexity index is 1490. The molecule has 0 saturated heterocycles. The van der Waals surface area contributed by atoms with E-state index >= 15 is 0 Å². The lowest BCUT2D eigenvalue weighted by Crippen LogP contribution is -2.52. The van der Waals surface area contributed by atoms with Crippen LogP contribution in [0.1, 0.15) is 38.3 Å². The van der Waals surface area contributed by atoms with Gasteiger partial charge in [-0.25, -0.2) is 8.42 Å². The normalized spacial score (nSPS) is 13.4. The molecule has 224 valence electrons. The molecule has 1 atom stereocenters. The summed E-state index contributed by atoms with van der Waals surface area (Å²) in [5.74, 6) is 0.355. The smallest absolute Gasteiger partial charge is 0.264 e. The molecular formula is C32H39N3O6S. The minimum atomic E-state index is -4.17. The summed E-state index contributed by atoms with van der Waals surface area (Å²) in [4.78, 5) is 29.1. The summed E-state index contributed by atoms with van der Waals surface area (Å²) in [6.45, 7) is 8.61. The number of amides is 2. The van der Waals surface area contributed by atoms with Gasteiger partial charge in [0.15, 0.2) is 11.5 Å². The summed E-state index contributed by atoms with van der Waals surface area (Å²) in [7, 11) is -4.17. The zero-order valence-electron chi connectivity index (χ0n) is 24.6. The van der Waals surface area contributed by atoms with Crippen molar-refractivity contribution in [3.8, 4) is 11.5 Å². The Kier molecular flexibility index (Phi) is 10.1. The number of anilines is 1. The van der Waals surface area contributed by atoms with E-state index in [0.29, 0.717) is 37.7 Å². The minimum absolute atomic E-state index is 0.0413. The largest absolute Gasteiger partial charge is 0.486 e. The highest BCUT2D eigenvalue weighted by molar-refractivity contribution is 7.92. The number of hydrogen-bond donors (Lipinski definition) is 1. The van der Waals surface area contributed by atoms with Crippen molar-refractivity contribution in [1.29, 1.82) is 0 Å². The van der Waals surface area contributed by atoms with Crippen LogP contribution in [0.5, 0.6) is 11.5 Å². The van der Waals surface area contributed by atoms with Gasteiger partial charge >= 0.3 is 0 Å². The van der Waals surface area contributed by atoms with Crippen LogP contribution in [0, 0.1) is 12.8 Å². The van der Waals surface area contributed by atoms with E-state index in [2.05, 4.69) is 5.32 Å². The van der Waals surface area contributed by atoms with Crippen molar-refractivity contribution in [2.75, 3.05) is 30.6 Å². The number of sulfonamides is 1. The molecule has 0 bridgehead atoms. The van der Waals surface area contributed by atoms with E-state index in [9.17, 15) is 18.0 Å². The van der Waals surface area contributed by atoms with Gasteiger partial charge in [-0.3, -0.25) is 13.9 Å². The Balaban J connectivity index is 1.74. The first kappa shape index (κ1) is 30.9. The molecule has 4 rings (SSSR count). The summed E-state index contributed by atoms with van der Waals surface area (Å²) in [5.41, 5.74) is 2.11. The number of nitrogens with one attached hydrogen (secondary N) is 1. The molecule has 3 aromatic carbocycles. The van der Waals surface area contributed by atoms with Gasteiger partial charge in [-0.15, -0.1) is 0 Å². The van der Waals surface area contributed by atoms with Gasteiger partial charge < -0.3 is 19.7 Å². The first-order valence-corrected chi connectivity index (χ1v) is 15.6. The molecule has 9 nitrogen and oxygen atoms in total. The summed E-state index contributed by atoms with van der Waals surface area (Å²) < 4.78 is 40.4. The number of hydrogen-bond acceptors (Lipinski definition) is 6. The molecule has 0 saturated carbocycles. The van der Waals surface area contributed by atoms with Gasteiger partial charge in [-0.1, -0.05) is 68.8 Å². The van der Waals surface area contributed by atoms with Crippen LogP contribution >= 0.6 is 0 Å². The lowest BCUT2D eigenvalue weighted by Gasteiger charge is -2.33. The first-order chi connectivity index (χ1) is 20.1. The highest BCUT2D eigenvalue weighted by atomic mass is 32.2. The van der Waals surface area contributed by atoms with Gasteiger partial charge in [0.05, 0.1) is 10.6 Å². The third-order valence-corrected chi connectivity index (χ3v) is 8.72. The summed E-state index contributed by atoms with van der Waals surface area (Å²) in [5, 5.41) is 2.95. The molecule has 1 N–H and O–H groups in total. The Hall–Kier alpha value is -4.05. The van der Waals surface area contributed by atoms with Crippen molar-refractivity contribution in [3.63, 3.8) is 0 Å². The van der Waals surface area contributed by atoms with Crippen LogP contribution < -0.4 is 19.1 Å². The Morgan fingerprint density at radius 3 is 2.31 bits per heavy atom. The number of benzene rings is 3. The van der Waals surface area contributed by atoms with Crippen molar-refractivity contribution in [1.82, 2.24) is 10.2 Å². The van der Waals surface area contributed by atoms with Crippen molar-refractivity contribution < 1.29 is 27.5 Å². The summed E-state index contributed by atoms with van der Waals surface area (Å²) in [6.07, 6.45) is 0.358. The molecule has 1 aliphatic heterocycles.